The number of carbonyl (C=O) groups is 1. The second-order valence-electron chi connectivity index (χ2n) is 4.76. The van der Waals surface area contributed by atoms with Crippen molar-refractivity contribution in [2.75, 3.05) is 20.3 Å². The molecule has 1 aliphatic rings. The Balaban J connectivity index is 2.08. The predicted octanol–water partition coefficient (Wildman–Crippen LogP) is 2.95. The lowest BCUT2D eigenvalue weighted by Crippen LogP contribution is -2.16. The molecule has 2 aromatic rings. The molecule has 1 atom stereocenters. The largest absolute Gasteiger partial charge is 0.487 e. The van der Waals surface area contributed by atoms with Crippen LogP contribution in [-0.2, 0) is 9.47 Å². The summed E-state index contributed by atoms with van der Waals surface area (Å²) in [5, 5.41) is 0.851. The molecular weight excluding hydrogens is 338 g/mol. The maximum absolute atomic E-state index is 11.7. The number of benzene rings is 1. The monoisotopic (exact) mass is 351 g/mol. The van der Waals surface area contributed by atoms with Gasteiger partial charge in [-0.15, -0.1) is 0 Å². The average Bonchev–Trinajstić information content (AvgIpc) is 2.99. The van der Waals surface area contributed by atoms with E-state index in [0.29, 0.717) is 24.5 Å². The van der Waals surface area contributed by atoms with Crippen LogP contribution in [-0.4, -0.2) is 37.4 Å². The molecule has 21 heavy (non-hydrogen) atoms. The molecule has 3 rings (SSSR count). The van der Waals surface area contributed by atoms with E-state index in [4.69, 9.17) is 14.2 Å². The molecule has 0 N–H and O–H groups in total. The third-order valence-electron chi connectivity index (χ3n) is 3.31. The Labute approximate surface area is 130 Å². The number of carbonyl (C=O) groups excluding carboxylic acids is 1. The van der Waals surface area contributed by atoms with Crippen LogP contribution in [0.1, 0.15) is 16.9 Å². The van der Waals surface area contributed by atoms with Crippen molar-refractivity contribution in [2.24, 2.45) is 0 Å². The van der Waals surface area contributed by atoms with E-state index in [0.717, 1.165) is 16.3 Å². The van der Waals surface area contributed by atoms with E-state index >= 15 is 0 Å². The van der Waals surface area contributed by atoms with Crippen molar-refractivity contribution in [3.8, 4) is 5.75 Å². The summed E-state index contributed by atoms with van der Waals surface area (Å²) >= 11 is 3.44. The van der Waals surface area contributed by atoms with Gasteiger partial charge in [-0.3, -0.25) is 0 Å². The second-order valence-corrected chi connectivity index (χ2v) is 5.68. The Morgan fingerprint density at radius 3 is 3.00 bits per heavy atom. The molecule has 110 valence electrons. The highest BCUT2D eigenvalue weighted by atomic mass is 79.9. The van der Waals surface area contributed by atoms with E-state index in [-0.39, 0.29) is 11.8 Å². The average molecular weight is 352 g/mol. The highest BCUT2D eigenvalue weighted by molar-refractivity contribution is 9.10. The first kappa shape index (κ1) is 14.3. The maximum Gasteiger partial charge on any atom is 0.356 e. The van der Waals surface area contributed by atoms with Gasteiger partial charge in [-0.2, -0.15) is 0 Å². The van der Waals surface area contributed by atoms with Crippen LogP contribution in [0, 0.1) is 0 Å². The summed E-state index contributed by atoms with van der Waals surface area (Å²) in [6, 6.07) is 7.26. The number of fused-ring (bicyclic) bond motifs is 1. The zero-order valence-electron chi connectivity index (χ0n) is 11.5. The Morgan fingerprint density at radius 1 is 1.43 bits per heavy atom. The molecule has 0 bridgehead atoms. The summed E-state index contributed by atoms with van der Waals surface area (Å²) in [4.78, 5) is 16.1. The number of esters is 1. The van der Waals surface area contributed by atoms with Gasteiger partial charge in [0.2, 0.25) is 0 Å². The summed E-state index contributed by atoms with van der Waals surface area (Å²) in [6.07, 6.45) is 0.839. The molecule has 1 saturated heterocycles. The summed E-state index contributed by atoms with van der Waals surface area (Å²) in [7, 11) is 1.33. The van der Waals surface area contributed by atoms with Gasteiger partial charge in [0.05, 0.1) is 25.8 Å². The third-order valence-corrected chi connectivity index (χ3v) is 3.80. The van der Waals surface area contributed by atoms with E-state index in [9.17, 15) is 4.79 Å². The van der Waals surface area contributed by atoms with Gasteiger partial charge in [-0.05, 0) is 18.2 Å². The van der Waals surface area contributed by atoms with Crippen molar-refractivity contribution in [2.45, 2.75) is 12.5 Å². The topological polar surface area (TPSA) is 57.7 Å². The first-order valence-electron chi connectivity index (χ1n) is 6.60. The molecule has 6 heteroatoms. The minimum Gasteiger partial charge on any atom is -0.487 e. The first-order valence-corrected chi connectivity index (χ1v) is 7.39. The van der Waals surface area contributed by atoms with Crippen molar-refractivity contribution in [1.82, 2.24) is 4.98 Å². The molecule has 0 saturated carbocycles. The number of ether oxygens (including phenoxy) is 3. The molecule has 0 unspecified atom stereocenters. The van der Waals surface area contributed by atoms with Crippen LogP contribution in [0.15, 0.2) is 28.7 Å². The molecule has 1 fully saturated rings. The molecule has 2 heterocycles. The van der Waals surface area contributed by atoms with Crippen LogP contribution in [0.4, 0.5) is 0 Å². The summed E-state index contributed by atoms with van der Waals surface area (Å²) < 4.78 is 17.0. The standard InChI is InChI=1S/C15H14BrNO4/c1-19-15(18)13-7-14(21-10-4-5-20-8-10)11-6-9(16)2-3-12(11)17-13/h2-3,6-7,10H,4-5,8H2,1H3/t10-/m0/s1. The van der Waals surface area contributed by atoms with Gasteiger partial charge in [0, 0.05) is 22.3 Å². The molecule has 0 aliphatic carbocycles. The van der Waals surface area contributed by atoms with Gasteiger partial charge in [-0.1, -0.05) is 15.9 Å². The summed E-state index contributed by atoms with van der Waals surface area (Å²) in [5.74, 6) is 0.143. The number of methoxy groups -OCH3 is 1. The minimum absolute atomic E-state index is 0.0000728. The Hall–Kier alpha value is -1.66. The van der Waals surface area contributed by atoms with E-state index < -0.39 is 5.97 Å². The molecule has 1 aromatic carbocycles. The maximum atomic E-state index is 11.7. The zero-order valence-corrected chi connectivity index (χ0v) is 13.1. The van der Waals surface area contributed by atoms with Gasteiger partial charge >= 0.3 is 5.97 Å². The zero-order chi connectivity index (χ0) is 14.8. The predicted molar refractivity (Wildman–Crippen MR) is 80.6 cm³/mol. The van der Waals surface area contributed by atoms with Crippen molar-refractivity contribution >= 4 is 32.8 Å². The van der Waals surface area contributed by atoms with Crippen molar-refractivity contribution in [3.63, 3.8) is 0 Å². The second kappa shape index (κ2) is 5.99. The molecular formula is C15H14BrNO4. The minimum atomic E-state index is -0.479. The lowest BCUT2D eigenvalue weighted by molar-refractivity contribution is 0.0593. The molecule has 0 amide bonds. The van der Waals surface area contributed by atoms with Crippen LogP contribution in [0.5, 0.6) is 5.75 Å². The highest BCUT2D eigenvalue weighted by Gasteiger charge is 2.20. The number of aromatic nitrogens is 1. The van der Waals surface area contributed by atoms with Gasteiger partial charge < -0.3 is 14.2 Å². The van der Waals surface area contributed by atoms with E-state index in [1.807, 2.05) is 18.2 Å². The number of hydrogen-bond donors (Lipinski definition) is 0. The Bertz CT molecular complexity index is 683. The number of hydrogen-bond acceptors (Lipinski definition) is 5. The fourth-order valence-electron chi connectivity index (χ4n) is 2.26. The van der Waals surface area contributed by atoms with Crippen molar-refractivity contribution in [3.05, 3.63) is 34.4 Å². The van der Waals surface area contributed by atoms with Crippen LogP contribution >= 0.6 is 15.9 Å². The lowest BCUT2D eigenvalue weighted by Gasteiger charge is -2.15. The number of pyridine rings is 1. The molecule has 1 aromatic heterocycles. The van der Waals surface area contributed by atoms with Gasteiger partial charge in [0.25, 0.3) is 0 Å². The van der Waals surface area contributed by atoms with E-state index in [2.05, 4.69) is 20.9 Å². The SMILES string of the molecule is COC(=O)c1cc(O[C@H]2CCOC2)c2cc(Br)ccc2n1. The van der Waals surface area contributed by atoms with E-state index in [1.54, 1.807) is 6.07 Å². The third kappa shape index (κ3) is 3.01. The van der Waals surface area contributed by atoms with Crippen molar-refractivity contribution in [1.29, 1.82) is 0 Å². The lowest BCUT2D eigenvalue weighted by atomic mass is 10.1. The Kier molecular flexibility index (Phi) is 4.07. The number of rotatable bonds is 3. The van der Waals surface area contributed by atoms with Gasteiger partial charge in [0.15, 0.2) is 5.69 Å². The summed E-state index contributed by atoms with van der Waals surface area (Å²) in [5.41, 5.74) is 0.927. The highest BCUT2D eigenvalue weighted by Crippen LogP contribution is 2.30. The van der Waals surface area contributed by atoms with Gasteiger partial charge in [0.1, 0.15) is 11.9 Å². The molecule has 0 spiro atoms. The smallest absolute Gasteiger partial charge is 0.356 e. The number of nitrogens with zero attached hydrogens (tertiary/aromatic N) is 1. The Morgan fingerprint density at radius 2 is 2.29 bits per heavy atom. The molecule has 0 radical (unpaired) electrons. The normalized spacial score (nSPS) is 17.9. The van der Waals surface area contributed by atoms with Crippen LogP contribution in [0.3, 0.4) is 0 Å². The fourth-order valence-corrected chi connectivity index (χ4v) is 2.62. The van der Waals surface area contributed by atoms with Crippen molar-refractivity contribution < 1.29 is 19.0 Å². The van der Waals surface area contributed by atoms with Crippen LogP contribution in [0.25, 0.3) is 10.9 Å². The number of halogens is 1. The van der Waals surface area contributed by atoms with E-state index in [1.165, 1.54) is 7.11 Å². The fraction of sp³-hybridized carbons (Fsp3) is 0.333. The molecule has 5 nitrogen and oxygen atoms in total. The molecule has 1 aliphatic heterocycles. The quantitative estimate of drug-likeness (QED) is 0.795. The van der Waals surface area contributed by atoms with Crippen LogP contribution in [0.2, 0.25) is 0 Å². The van der Waals surface area contributed by atoms with Gasteiger partial charge in [-0.25, -0.2) is 9.78 Å². The first-order chi connectivity index (χ1) is 10.2. The van der Waals surface area contributed by atoms with Crippen LogP contribution < -0.4 is 4.74 Å². The summed E-state index contributed by atoms with van der Waals surface area (Å²) in [6.45, 7) is 1.26.